The van der Waals surface area contributed by atoms with Crippen LogP contribution >= 0.6 is 11.3 Å². The second kappa shape index (κ2) is 6.87. The van der Waals surface area contributed by atoms with Gasteiger partial charge in [0.05, 0.1) is 10.4 Å². The molecule has 1 aliphatic heterocycles. The summed E-state index contributed by atoms with van der Waals surface area (Å²) in [6.07, 6.45) is -2.29. The number of pyridine rings is 1. The Bertz CT molecular complexity index is 1160. The number of nitrogens with two attached hydrogens (primary N) is 1. The van der Waals surface area contributed by atoms with Gasteiger partial charge in [0.1, 0.15) is 11.5 Å². The molecule has 0 radical (unpaired) electrons. The van der Waals surface area contributed by atoms with E-state index in [0.717, 1.165) is 23.2 Å². The van der Waals surface area contributed by atoms with Crippen LogP contribution < -0.4 is 5.73 Å². The van der Waals surface area contributed by atoms with Gasteiger partial charge >= 0.3 is 6.18 Å². The molecule has 2 N–H and O–H groups in total. The number of aromatic nitrogens is 2. The van der Waals surface area contributed by atoms with Crippen LogP contribution in [0.2, 0.25) is 0 Å². The lowest BCUT2D eigenvalue weighted by atomic mass is 9.82. The minimum atomic E-state index is -4.74. The summed E-state index contributed by atoms with van der Waals surface area (Å²) < 4.78 is 54.3. The Morgan fingerprint density at radius 3 is 2.53 bits per heavy atom. The van der Waals surface area contributed by atoms with Crippen LogP contribution in [0.15, 0.2) is 53.2 Å². The molecule has 0 spiro atoms. The molecule has 0 aliphatic carbocycles. The van der Waals surface area contributed by atoms with Crippen LogP contribution in [0.5, 0.6) is 0 Å². The van der Waals surface area contributed by atoms with E-state index in [9.17, 15) is 22.4 Å². The Morgan fingerprint density at radius 2 is 1.93 bits per heavy atom. The second-order valence-electron chi connectivity index (χ2n) is 6.57. The monoisotopic (exact) mass is 435 g/mol. The van der Waals surface area contributed by atoms with E-state index in [1.54, 1.807) is 5.51 Å². The Kier molecular flexibility index (Phi) is 4.57. The van der Waals surface area contributed by atoms with Crippen molar-refractivity contribution in [3.05, 3.63) is 70.9 Å². The van der Waals surface area contributed by atoms with Crippen LogP contribution in [-0.4, -0.2) is 33.8 Å². The Balaban J connectivity index is 2.00. The van der Waals surface area contributed by atoms with Gasteiger partial charge in [-0.25, -0.2) is 9.38 Å². The first-order chi connectivity index (χ1) is 14.1. The van der Waals surface area contributed by atoms with Crippen LogP contribution in [0, 0.1) is 5.82 Å². The molecule has 1 aliphatic rings. The van der Waals surface area contributed by atoms with E-state index in [2.05, 4.69) is 15.0 Å². The maximum atomic E-state index is 14.5. The normalized spacial score (nSPS) is 19.3. The third-order valence-corrected chi connectivity index (χ3v) is 5.56. The Labute approximate surface area is 171 Å². The van der Waals surface area contributed by atoms with Crippen molar-refractivity contribution in [3.8, 4) is 10.4 Å². The highest BCUT2D eigenvalue weighted by atomic mass is 32.1. The fraction of sp³-hybridized carbons (Fsp3) is 0.158. The number of carbonyl (C=O) groups excluding carboxylic acids is 1. The largest absolute Gasteiger partial charge is 0.433 e. The number of amides is 1. The van der Waals surface area contributed by atoms with Crippen molar-refractivity contribution in [1.82, 2.24) is 14.9 Å². The van der Waals surface area contributed by atoms with Crippen LogP contribution in [0.3, 0.4) is 0 Å². The fourth-order valence-corrected chi connectivity index (χ4v) is 3.90. The van der Waals surface area contributed by atoms with Gasteiger partial charge in [-0.2, -0.15) is 13.2 Å². The molecule has 1 unspecified atom stereocenters. The SMILES string of the molecule is CN1C(=O)C(c2cc(F)cc(-c3cncs3)c2)(c2ccnc(C(F)(F)F)c2)N=C1N. The predicted octanol–water partition coefficient (Wildman–Crippen LogP) is 3.39. The lowest BCUT2D eigenvalue weighted by Crippen LogP contribution is -2.41. The number of alkyl halides is 3. The number of aliphatic imine (C=N–C) groups is 1. The molecule has 0 saturated heterocycles. The van der Waals surface area contributed by atoms with Gasteiger partial charge in [0.25, 0.3) is 5.91 Å². The number of nitrogens with zero attached hydrogens (tertiary/aromatic N) is 4. The van der Waals surface area contributed by atoms with E-state index >= 15 is 0 Å². The van der Waals surface area contributed by atoms with Crippen molar-refractivity contribution in [2.75, 3.05) is 7.05 Å². The molecule has 11 heteroatoms. The molecule has 0 saturated carbocycles. The number of rotatable bonds is 3. The number of likely N-dealkylation sites (N-methyl/N-ethyl adjacent to an activating group) is 1. The van der Waals surface area contributed by atoms with Crippen molar-refractivity contribution < 1.29 is 22.4 Å². The quantitative estimate of drug-likeness (QED) is 0.640. The first kappa shape index (κ1) is 20.0. The summed E-state index contributed by atoms with van der Waals surface area (Å²) in [4.78, 5) is 26.3. The topological polar surface area (TPSA) is 84.5 Å². The van der Waals surface area contributed by atoms with Gasteiger partial charge in [0.2, 0.25) is 0 Å². The van der Waals surface area contributed by atoms with Crippen molar-refractivity contribution in [1.29, 1.82) is 0 Å². The average molecular weight is 435 g/mol. The average Bonchev–Trinajstić information content (AvgIpc) is 3.31. The van der Waals surface area contributed by atoms with Gasteiger partial charge < -0.3 is 5.73 Å². The zero-order valence-corrected chi connectivity index (χ0v) is 16.1. The van der Waals surface area contributed by atoms with Gasteiger partial charge in [-0.05, 0) is 47.0 Å². The van der Waals surface area contributed by atoms with Gasteiger partial charge in [0.15, 0.2) is 11.5 Å². The number of thiazole rings is 1. The molecule has 3 heterocycles. The third kappa shape index (κ3) is 3.11. The molecule has 30 heavy (non-hydrogen) atoms. The number of hydrogen-bond donors (Lipinski definition) is 1. The van der Waals surface area contributed by atoms with E-state index in [1.807, 2.05) is 0 Å². The zero-order valence-electron chi connectivity index (χ0n) is 15.3. The van der Waals surface area contributed by atoms with Crippen molar-refractivity contribution in [3.63, 3.8) is 0 Å². The first-order valence-electron chi connectivity index (χ1n) is 8.50. The number of halogens is 4. The van der Waals surface area contributed by atoms with E-state index in [0.29, 0.717) is 10.4 Å². The van der Waals surface area contributed by atoms with Gasteiger partial charge in [-0.15, -0.1) is 11.3 Å². The molecule has 2 aromatic heterocycles. The summed E-state index contributed by atoms with van der Waals surface area (Å²) in [5.74, 6) is -1.59. The molecular formula is C19H13F4N5OS. The molecule has 0 bridgehead atoms. The molecule has 154 valence electrons. The summed E-state index contributed by atoms with van der Waals surface area (Å²) in [5, 5.41) is 0. The zero-order chi connectivity index (χ0) is 21.7. The maximum Gasteiger partial charge on any atom is 0.433 e. The molecule has 0 fully saturated rings. The summed E-state index contributed by atoms with van der Waals surface area (Å²) in [5.41, 5.74) is 4.53. The smallest absolute Gasteiger partial charge is 0.369 e. The highest BCUT2D eigenvalue weighted by molar-refractivity contribution is 7.13. The fourth-order valence-electron chi connectivity index (χ4n) is 3.29. The third-order valence-electron chi connectivity index (χ3n) is 4.74. The Hall–Kier alpha value is -3.34. The van der Waals surface area contributed by atoms with Crippen LogP contribution in [0.4, 0.5) is 17.6 Å². The van der Waals surface area contributed by atoms with E-state index in [-0.39, 0.29) is 17.1 Å². The molecule has 1 amide bonds. The highest BCUT2D eigenvalue weighted by Crippen LogP contribution is 2.42. The van der Waals surface area contributed by atoms with Crippen molar-refractivity contribution in [2.24, 2.45) is 10.7 Å². The summed E-state index contributed by atoms with van der Waals surface area (Å²) in [6, 6.07) is 5.77. The van der Waals surface area contributed by atoms with Crippen LogP contribution in [-0.2, 0) is 16.5 Å². The summed E-state index contributed by atoms with van der Waals surface area (Å²) >= 11 is 1.25. The molecule has 3 aromatic rings. The van der Waals surface area contributed by atoms with E-state index < -0.39 is 29.1 Å². The lowest BCUT2D eigenvalue weighted by Gasteiger charge is -2.27. The van der Waals surface area contributed by atoms with Gasteiger partial charge in [-0.1, -0.05) is 0 Å². The van der Waals surface area contributed by atoms with Crippen LogP contribution in [0.25, 0.3) is 10.4 Å². The minimum Gasteiger partial charge on any atom is -0.369 e. The molecule has 1 aromatic carbocycles. The highest BCUT2D eigenvalue weighted by Gasteiger charge is 2.50. The Morgan fingerprint density at radius 1 is 1.17 bits per heavy atom. The summed E-state index contributed by atoms with van der Waals surface area (Å²) in [7, 11) is 1.35. The van der Waals surface area contributed by atoms with Crippen LogP contribution in [0.1, 0.15) is 16.8 Å². The first-order valence-corrected chi connectivity index (χ1v) is 9.38. The van der Waals surface area contributed by atoms with Crippen molar-refractivity contribution >= 4 is 23.2 Å². The summed E-state index contributed by atoms with van der Waals surface area (Å²) in [6.45, 7) is 0. The number of benzene rings is 1. The predicted molar refractivity (Wildman–Crippen MR) is 102 cm³/mol. The molecule has 6 nitrogen and oxygen atoms in total. The van der Waals surface area contributed by atoms with E-state index in [1.165, 1.54) is 42.8 Å². The molecule has 1 atom stereocenters. The minimum absolute atomic E-state index is 0.0440. The second-order valence-corrected chi connectivity index (χ2v) is 7.45. The van der Waals surface area contributed by atoms with Gasteiger partial charge in [-0.3, -0.25) is 19.7 Å². The number of carbonyl (C=O) groups is 1. The number of hydrogen-bond acceptors (Lipinski definition) is 6. The van der Waals surface area contributed by atoms with Gasteiger partial charge in [0, 0.05) is 19.4 Å². The molecule has 4 rings (SSSR count). The lowest BCUT2D eigenvalue weighted by molar-refractivity contribution is -0.141. The van der Waals surface area contributed by atoms with Crippen molar-refractivity contribution in [2.45, 2.75) is 11.7 Å². The number of guanidine groups is 1. The van der Waals surface area contributed by atoms with E-state index in [4.69, 9.17) is 5.73 Å². The standard InChI is InChI=1S/C19H13F4N5OS/c1-28-16(29)18(27-17(28)24,11-2-3-26-15(7-11)19(21,22)23)12-4-10(5-13(20)6-12)14-8-25-9-30-14/h2-9H,1H3,(H2,24,27). The maximum absolute atomic E-state index is 14.5. The molecular weight excluding hydrogens is 422 g/mol.